The van der Waals surface area contributed by atoms with E-state index in [1.165, 1.54) is 23.8 Å². The van der Waals surface area contributed by atoms with E-state index in [1.54, 1.807) is 6.07 Å². The van der Waals surface area contributed by atoms with Gasteiger partial charge in [-0.3, -0.25) is 19.8 Å². The minimum Gasteiger partial charge on any atom is -0.382 e. The van der Waals surface area contributed by atoms with Crippen molar-refractivity contribution in [3.8, 4) is 0 Å². The van der Waals surface area contributed by atoms with Crippen LogP contribution >= 0.6 is 0 Å². The summed E-state index contributed by atoms with van der Waals surface area (Å²) in [4.78, 5) is 26.3. The summed E-state index contributed by atoms with van der Waals surface area (Å²) in [5, 5.41) is 16.0. The van der Waals surface area contributed by atoms with Crippen molar-refractivity contribution in [3.63, 3.8) is 0 Å². The van der Waals surface area contributed by atoms with Gasteiger partial charge in [-0.25, -0.2) is 4.39 Å². The van der Waals surface area contributed by atoms with Crippen LogP contribution in [0.1, 0.15) is 36.8 Å². The minimum absolute atomic E-state index is 0.107. The number of hydrogen-bond acceptors (Lipinski definition) is 7. The molecular formula is C31H34F4N4O4. The zero-order valence-electron chi connectivity index (χ0n) is 23.6. The van der Waals surface area contributed by atoms with Gasteiger partial charge in [0.2, 0.25) is 0 Å². The molecule has 0 aromatic heterocycles. The highest BCUT2D eigenvalue weighted by Gasteiger charge is 2.38. The van der Waals surface area contributed by atoms with Crippen LogP contribution < -0.4 is 5.32 Å². The van der Waals surface area contributed by atoms with Gasteiger partial charge >= 0.3 is 6.18 Å². The van der Waals surface area contributed by atoms with Gasteiger partial charge in [-0.1, -0.05) is 24.3 Å². The van der Waals surface area contributed by atoms with Gasteiger partial charge in [0.05, 0.1) is 11.0 Å². The van der Waals surface area contributed by atoms with E-state index in [0.29, 0.717) is 38.8 Å². The predicted octanol–water partition coefficient (Wildman–Crippen LogP) is 6.03. The average Bonchev–Trinajstić information content (AvgIpc) is 2.99. The molecule has 230 valence electrons. The number of aldehydes is 1. The summed E-state index contributed by atoms with van der Waals surface area (Å²) in [5.74, 6) is -0.244. The Morgan fingerprint density at radius 1 is 0.977 bits per heavy atom. The Balaban J connectivity index is 1.06. The summed E-state index contributed by atoms with van der Waals surface area (Å²) < 4.78 is 59.6. The molecule has 1 aliphatic carbocycles. The molecule has 1 saturated heterocycles. The Kier molecular flexibility index (Phi) is 9.58. The Bertz CT molecular complexity index is 1440. The lowest BCUT2D eigenvalue weighted by Crippen LogP contribution is -2.52. The molecule has 5 rings (SSSR count). The number of carbonyl (C=O) groups is 1. The summed E-state index contributed by atoms with van der Waals surface area (Å²) >= 11 is 0. The second kappa shape index (κ2) is 13.4. The van der Waals surface area contributed by atoms with Crippen LogP contribution in [0.5, 0.6) is 0 Å². The van der Waals surface area contributed by atoms with Crippen LogP contribution in [0, 0.1) is 15.9 Å². The van der Waals surface area contributed by atoms with E-state index in [0.717, 1.165) is 55.2 Å². The topological polar surface area (TPSA) is 87.9 Å². The quantitative estimate of drug-likeness (QED) is 0.131. The Hall–Kier alpha value is -3.61. The maximum Gasteiger partial charge on any atom is 0.423 e. The van der Waals surface area contributed by atoms with Crippen molar-refractivity contribution in [1.82, 2.24) is 9.80 Å². The molecule has 1 saturated carbocycles. The number of nitro benzene ring substituents is 1. The lowest BCUT2D eigenvalue weighted by Gasteiger charge is -2.39. The largest absolute Gasteiger partial charge is 0.423 e. The van der Waals surface area contributed by atoms with Crippen molar-refractivity contribution >= 4 is 28.4 Å². The van der Waals surface area contributed by atoms with Crippen molar-refractivity contribution in [2.75, 3.05) is 38.0 Å². The second-order valence-electron chi connectivity index (χ2n) is 11.2. The number of alkyl halides is 3. The number of rotatable bonds is 10. The van der Waals surface area contributed by atoms with Gasteiger partial charge in [-0.15, -0.1) is 0 Å². The Morgan fingerprint density at radius 2 is 1.67 bits per heavy atom. The van der Waals surface area contributed by atoms with Gasteiger partial charge in [0.25, 0.3) is 5.69 Å². The number of benzene rings is 3. The zero-order chi connectivity index (χ0) is 30.6. The van der Waals surface area contributed by atoms with Crippen molar-refractivity contribution in [3.05, 3.63) is 81.7 Å². The van der Waals surface area contributed by atoms with E-state index in [4.69, 9.17) is 4.74 Å². The second-order valence-corrected chi connectivity index (χ2v) is 11.2. The predicted molar refractivity (Wildman–Crippen MR) is 154 cm³/mol. The fourth-order valence-electron chi connectivity index (χ4n) is 5.94. The molecule has 0 radical (unpaired) electrons. The molecular weight excluding hydrogens is 568 g/mol. The smallest absolute Gasteiger partial charge is 0.382 e. The van der Waals surface area contributed by atoms with E-state index < -0.39 is 28.6 Å². The molecule has 2 aliphatic rings. The molecule has 3 aromatic carbocycles. The van der Waals surface area contributed by atoms with Crippen LogP contribution in [0.25, 0.3) is 10.8 Å². The van der Waals surface area contributed by atoms with E-state index in [1.807, 2.05) is 17.0 Å². The molecule has 1 atom stereocenters. The van der Waals surface area contributed by atoms with Crippen LogP contribution in [0.15, 0.2) is 54.6 Å². The maximum absolute atomic E-state index is 13.4. The molecule has 1 aliphatic heterocycles. The first-order valence-electron chi connectivity index (χ1n) is 14.5. The highest BCUT2D eigenvalue weighted by Crippen LogP contribution is 2.38. The van der Waals surface area contributed by atoms with Crippen LogP contribution in [-0.4, -0.2) is 72.1 Å². The number of piperazine rings is 1. The Labute approximate surface area is 246 Å². The average molecular weight is 603 g/mol. The van der Waals surface area contributed by atoms with Gasteiger partial charge < -0.3 is 15.0 Å². The summed E-state index contributed by atoms with van der Waals surface area (Å²) in [7, 11) is 0. The number of nitrogens with one attached hydrogen (secondary N) is 1. The van der Waals surface area contributed by atoms with Crippen molar-refractivity contribution in [1.29, 1.82) is 0 Å². The summed E-state index contributed by atoms with van der Waals surface area (Å²) in [5.41, 5.74) is -0.878. The van der Waals surface area contributed by atoms with Crippen molar-refractivity contribution in [2.45, 2.75) is 56.7 Å². The monoisotopic (exact) mass is 602 g/mol. The Morgan fingerprint density at radius 3 is 2.35 bits per heavy atom. The standard InChI is InChI=1S/C31H34F4N4O4/c32-24-4-3-22-17-21(1-2-23(22)18-24)11-12-37-13-15-38(16-14-37)30(20-40)43-27-8-5-25(6-9-27)36-26-7-10-29(39(41)42)28(19-26)31(33,34)35/h1-4,7,10,17-20,25,27,30,36H,5-6,8-9,11-16H2. The van der Waals surface area contributed by atoms with E-state index >= 15 is 0 Å². The molecule has 1 N–H and O–H groups in total. The summed E-state index contributed by atoms with van der Waals surface area (Å²) in [6.45, 7) is 3.87. The highest BCUT2D eigenvalue weighted by molar-refractivity contribution is 5.83. The van der Waals surface area contributed by atoms with Crippen LogP contribution in [-0.2, 0) is 22.1 Å². The molecule has 1 heterocycles. The first-order chi connectivity index (χ1) is 20.6. The molecule has 0 bridgehead atoms. The molecule has 2 fully saturated rings. The van der Waals surface area contributed by atoms with Crippen molar-refractivity contribution in [2.24, 2.45) is 0 Å². The molecule has 0 amide bonds. The number of hydrogen-bond donors (Lipinski definition) is 1. The maximum atomic E-state index is 13.4. The molecule has 8 nitrogen and oxygen atoms in total. The van der Waals surface area contributed by atoms with Gasteiger partial charge in [-0.2, -0.15) is 13.2 Å². The van der Waals surface area contributed by atoms with Crippen LogP contribution in [0.3, 0.4) is 0 Å². The fourth-order valence-corrected chi connectivity index (χ4v) is 5.94. The third kappa shape index (κ3) is 7.87. The van der Waals surface area contributed by atoms with Crippen LogP contribution in [0.4, 0.5) is 28.9 Å². The van der Waals surface area contributed by atoms with Crippen LogP contribution in [0.2, 0.25) is 0 Å². The minimum atomic E-state index is -4.83. The molecule has 12 heteroatoms. The number of ether oxygens (including phenoxy) is 1. The number of anilines is 1. The fraction of sp³-hybridized carbons (Fsp3) is 0.452. The first-order valence-corrected chi connectivity index (χ1v) is 14.5. The summed E-state index contributed by atoms with van der Waals surface area (Å²) in [6.07, 6.45) is -1.39. The molecule has 3 aromatic rings. The lowest BCUT2D eigenvalue weighted by atomic mass is 9.92. The van der Waals surface area contributed by atoms with E-state index in [9.17, 15) is 32.5 Å². The number of halogens is 4. The molecule has 43 heavy (non-hydrogen) atoms. The zero-order valence-corrected chi connectivity index (χ0v) is 23.6. The molecule has 0 spiro atoms. The number of carbonyl (C=O) groups excluding carboxylic acids is 1. The lowest BCUT2D eigenvalue weighted by molar-refractivity contribution is -0.388. The number of fused-ring (bicyclic) bond motifs is 1. The third-order valence-electron chi connectivity index (χ3n) is 8.34. The SMILES string of the molecule is O=CC(OC1CCC(Nc2ccc([N+](=O)[O-])c(C(F)(F)F)c2)CC1)N1CCN(CCc2ccc3cc(F)ccc3c2)CC1. The van der Waals surface area contributed by atoms with Gasteiger partial charge in [-0.05, 0) is 72.7 Å². The number of nitrogens with zero attached hydrogens (tertiary/aromatic N) is 3. The summed E-state index contributed by atoms with van der Waals surface area (Å²) in [6, 6.07) is 13.7. The first kappa shape index (κ1) is 30.8. The van der Waals surface area contributed by atoms with Gasteiger partial charge in [0.15, 0.2) is 12.5 Å². The molecule has 1 unspecified atom stereocenters. The van der Waals surface area contributed by atoms with Crippen molar-refractivity contribution < 1.29 is 32.0 Å². The van der Waals surface area contributed by atoms with E-state index in [2.05, 4.69) is 16.3 Å². The highest BCUT2D eigenvalue weighted by atomic mass is 19.4. The van der Waals surface area contributed by atoms with Gasteiger partial charge in [0, 0.05) is 50.5 Å². The number of nitro groups is 1. The third-order valence-corrected chi connectivity index (χ3v) is 8.34. The van der Waals surface area contributed by atoms with Gasteiger partial charge in [0.1, 0.15) is 11.4 Å². The van der Waals surface area contributed by atoms with E-state index in [-0.39, 0.29) is 23.7 Å². The normalized spacial score (nSPS) is 21.0.